The lowest BCUT2D eigenvalue weighted by Gasteiger charge is -2.46. The number of carbonyl (C=O) groups excluding carboxylic acids is 7. The number of likely N-dealkylation sites (tertiary alicyclic amines) is 4. The van der Waals surface area contributed by atoms with Gasteiger partial charge in [0.05, 0.1) is 39.1 Å². The minimum absolute atomic E-state index is 0.0332. The third kappa shape index (κ3) is 24.4. The molecule has 4 saturated carbocycles. The van der Waals surface area contributed by atoms with Crippen LogP contribution in [0.3, 0.4) is 0 Å². The Morgan fingerprint density at radius 2 is 0.856 bits per heavy atom. The van der Waals surface area contributed by atoms with E-state index in [4.69, 9.17) is 15.6 Å². The van der Waals surface area contributed by atoms with E-state index in [2.05, 4.69) is 104 Å². The maximum Gasteiger partial charge on any atom is 0.333 e. The Labute approximate surface area is 544 Å². The molecule has 4 saturated heterocycles. The fourth-order valence-corrected chi connectivity index (χ4v) is 15.9. The second-order valence-electron chi connectivity index (χ2n) is 29.6. The van der Waals surface area contributed by atoms with Crippen LogP contribution in [0.25, 0.3) is 0 Å². The molecule has 90 heavy (non-hydrogen) atoms. The van der Waals surface area contributed by atoms with Gasteiger partial charge in [0.1, 0.15) is 0 Å². The molecule has 15 atom stereocenters. The molecule has 8 fully saturated rings. The molecule has 4 N–H and O–H groups in total. The molecule has 0 bridgehead atoms. The number of methoxy groups -OCH3 is 3. The Hall–Kier alpha value is -4.58. The largest absolute Gasteiger partial charge is 0.481 e. The molecule has 8 rings (SSSR count). The van der Waals surface area contributed by atoms with E-state index in [-0.39, 0.29) is 71.9 Å². The standard InChI is InChI=1S/C20H34N2O2.C17H29NO3.C16H27NO3.C10H21N.C8H12O4.CH4O/c1-14(2)17-8-6-15(3)12-18(17)22-13-16(7-9-19(22)23)20(24)21-10-4-5-11-21;1-11(2)14-7-5-12(3)9-15(14)18-10-13(17(20)21-4)6-8-16(18)19;1-10(2)13-6-4-11(3)8-14(13)17-9-12(16(19)20)5-7-15(17)18;1-7(2)9-5-4-8(3)6-10(9)11;1-6(8(10)12-3)4-5-7(9)11-2;1-2/h14-18H,4-13H2,1-3H3;11-15H,5-10H2,1-4H3;10-14H,4-9H2,1-3H3,(H,19,20);7-10H,4-6,11H2,1-3H3;1,4-5H2,2-3H3;2H,1H3. The van der Waals surface area contributed by atoms with Crippen molar-refractivity contribution in [3.63, 3.8) is 0 Å². The van der Waals surface area contributed by atoms with Gasteiger partial charge in [0.2, 0.25) is 23.6 Å². The molecule has 18 nitrogen and oxygen atoms in total. The number of carboxylic acid groups (broad SMARTS) is 1. The number of hydrogen-bond acceptors (Lipinski definition) is 13. The van der Waals surface area contributed by atoms with Crippen LogP contribution in [0.2, 0.25) is 0 Å². The van der Waals surface area contributed by atoms with E-state index < -0.39 is 11.9 Å². The number of hydrogen-bond donors (Lipinski definition) is 3. The molecule has 8 aliphatic rings. The van der Waals surface area contributed by atoms with E-state index in [1.807, 2.05) is 14.7 Å². The van der Waals surface area contributed by atoms with Gasteiger partial charge in [-0.05, 0) is 161 Å². The van der Waals surface area contributed by atoms with Crippen molar-refractivity contribution in [3.05, 3.63) is 12.2 Å². The van der Waals surface area contributed by atoms with Crippen molar-refractivity contribution in [2.24, 2.45) is 94.5 Å². The zero-order valence-corrected chi connectivity index (χ0v) is 59.0. The van der Waals surface area contributed by atoms with Gasteiger partial charge in [-0.25, -0.2) is 4.79 Å². The van der Waals surface area contributed by atoms with Gasteiger partial charge in [-0.2, -0.15) is 0 Å². The van der Waals surface area contributed by atoms with Crippen LogP contribution in [0.15, 0.2) is 12.2 Å². The Morgan fingerprint density at radius 3 is 1.21 bits per heavy atom. The maximum absolute atomic E-state index is 12.8. The lowest BCUT2D eigenvalue weighted by atomic mass is 9.72. The fraction of sp³-hybridized carbons (Fsp3) is 0.861. The Morgan fingerprint density at radius 1 is 0.500 bits per heavy atom. The van der Waals surface area contributed by atoms with E-state index in [0.29, 0.717) is 129 Å². The highest BCUT2D eigenvalue weighted by atomic mass is 16.5. The number of esters is 3. The summed E-state index contributed by atoms with van der Waals surface area (Å²) in [5.41, 5.74) is 6.35. The van der Waals surface area contributed by atoms with Crippen LogP contribution < -0.4 is 5.73 Å². The number of nitrogens with zero attached hydrogens (tertiary/aromatic N) is 4. The van der Waals surface area contributed by atoms with E-state index in [1.165, 1.54) is 72.7 Å². The van der Waals surface area contributed by atoms with Crippen LogP contribution >= 0.6 is 0 Å². The number of amides is 4. The van der Waals surface area contributed by atoms with Crippen LogP contribution in [0, 0.1) is 88.8 Å². The minimum atomic E-state index is -0.757. The first-order valence-electron chi connectivity index (χ1n) is 35.0. The number of aliphatic carboxylic acids is 1. The minimum Gasteiger partial charge on any atom is -0.481 e. The number of rotatable bonds is 14. The lowest BCUT2D eigenvalue weighted by Crippen LogP contribution is -2.54. The van der Waals surface area contributed by atoms with Crippen LogP contribution in [0.4, 0.5) is 0 Å². The average molecular weight is 1270 g/mol. The van der Waals surface area contributed by atoms with Crippen LogP contribution in [0.1, 0.15) is 224 Å². The fourth-order valence-electron chi connectivity index (χ4n) is 15.9. The lowest BCUT2D eigenvalue weighted by molar-refractivity contribution is -0.154. The average Bonchev–Trinajstić information content (AvgIpc) is 1.02. The summed E-state index contributed by atoms with van der Waals surface area (Å²) in [6.07, 6.45) is 20.5. The van der Waals surface area contributed by atoms with E-state index in [0.717, 1.165) is 82.9 Å². The zero-order chi connectivity index (χ0) is 67.7. The van der Waals surface area contributed by atoms with E-state index >= 15 is 0 Å². The van der Waals surface area contributed by atoms with Gasteiger partial charge in [0.25, 0.3) is 0 Å². The summed E-state index contributed by atoms with van der Waals surface area (Å²) in [6, 6.07) is 1.36. The van der Waals surface area contributed by atoms with Gasteiger partial charge in [0.15, 0.2) is 0 Å². The van der Waals surface area contributed by atoms with Crippen LogP contribution in [-0.2, 0) is 52.6 Å². The third-order valence-corrected chi connectivity index (χ3v) is 21.6. The summed E-state index contributed by atoms with van der Waals surface area (Å²) in [6.45, 7) is 34.1. The molecule has 4 amide bonds. The van der Waals surface area contributed by atoms with Gasteiger partial charge in [-0.1, -0.05) is 115 Å². The van der Waals surface area contributed by atoms with E-state index in [1.54, 1.807) is 0 Å². The van der Waals surface area contributed by atoms with Gasteiger partial charge in [-0.3, -0.25) is 33.6 Å². The molecule has 4 aliphatic heterocycles. The maximum atomic E-state index is 12.8. The number of carboxylic acids is 1. The van der Waals surface area contributed by atoms with Gasteiger partial charge >= 0.3 is 23.9 Å². The Balaban J connectivity index is 0.000000300. The molecule has 0 aromatic rings. The predicted octanol–water partition coefficient (Wildman–Crippen LogP) is 11.6. The molecule has 4 aliphatic carbocycles. The van der Waals surface area contributed by atoms with Crippen LogP contribution in [-0.4, -0.2) is 163 Å². The Bertz CT molecular complexity index is 2250. The summed E-state index contributed by atoms with van der Waals surface area (Å²) in [7, 11) is 5.00. The number of aliphatic hydroxyl groups excluding tert-OH is 1. The van der Waals surface area contributed by atoms with Crippen molar-refractivity contribution in [1.29, 1.82) is 0 Å². The van der Waals surface area contributed by atoms with Gasteiger partial charge in [-0.15, -0.1) is 0 Å². The zero-order valence-electron chi connectivity index (χ0n) is 59.0. The molecule has 0 radical (unpaired) electrons. The SMILES string of the molecule is C=C(CCC(=O)OC)C(=O)OC.CC1CCC(C(C)C)C(N)C1.CC1CCC(C(C)C)C(N2CC(C(=O)N3CCCC3)CCC2=O)C1.CC1CCC(C(C)C)C(N2CC(C(=O)O)CCC2=O)C1.CO.COC(=O)C1CCC(=O)N(C2CC(C)CCC2C(C)C)C1. The molecular weight excluding hydrogens is 1140 g/mol. The molecule has 0 aromatic heterocycles. The quantitative estimate of drug-likeness (QED) is 0.0832. The van der Waals surface area contributed by atoms with Gasteiger partial charge < -0.3 is 49.8 Å². The highest BCUT2D eigenvalue weighted by molar-refractivity contribution is 5.88. The monoisotopic (exact) mass is 1270 g/mol. The molecule has 518 valence electrons. The van der Waals surface area contributed by atoms with Crippen molar-refractivity contribution < 1.29 is 62.8 Å². The Kier molecular flexibility index (Phi) is 35.3. The van der Waals surface area contributed by atoms with Crippen molar-refractivity contribution in [2.75, 3.05) is 61.2 Å². The number of carbonyl (C=O) groups is 8. The number of piperidine rings is 3. The van der Waals surface area contributed by atoms with Crippen molar-refractivity contribution in [3.8, 4) is 0 Å². The highest BCUT2D eigenvalue weighted by Gasteiger charge is 2.44. The van der Waals surface area contributed by atoms with E-state index in [9.17, 15) is 43.5 Å². The topological polar surface area (TPSA) is 244 Å². The molecule has 4 heterocycles. The van der Waals surface area contributed by atoms with Gasteiger partial charge in [0, 0.05) is 95.3 Å². The highest BCUT2D eigenvalue weighted by Crippen LogP contribution is 2.42. The molecule has 18 heteroatoms. The first-order chi connectivity index (χ1) is 42.5. The smallest absolute Gasteiger partial charge is 0.333 e. The summed E-state index contributed by atoms with van der Waals surface area (Å²) in [4.78, 5) is 103. The molecule has 0 aromatic carbocycles. The van der Waals surface area contributed by atoms with Crippen molar-refractivity contribution >= 4 is 47.5 Å². The predicted molar refractivity (Wildman–Crippen MR) is 354 cm³/mol. The summed E-state index contributed by atoms with van der Waals surface area (Å²) in [5, 5.41) is 16.2. The number of nitrogens with two attached hydrogens (primary N) is 1. The second-order valence-corrected chi connectivity index (χ2v) is 29.6. The molecule has 0 spiro atoms. The molecule has 15 unspecified atom stereocenters. The van der Waals surface area contributed by atoms with Crippen LogP contribution in [0.5, 0.6) is 0 Å². The first kappa shape index (κ1) is 79.7. The number of aliphatic hydroxyl groups is 1. The summed E-state index contributed by atoms with van der Waals surface area (Å²) in [5.74, 6) is 6.50. The second kappa shape index (κ2) is 39.8. The normalized spacial score (nSPS) is 31.2. The third-order valence-electron chi connectivity index (χ3n) is 21.6. The van der Waals surface area contributed by atoms with Crippen molar-refractivity contribution in [2.45, 2.75) is 249 Å². The summed E-state index contributed by atoms with van der Waals surface area (Å²) < 4.78 is 13.6. The first-order valence-corrected chi connectivity index (χ1v) is 35.0. The van der Waals surface area contributed by atoms with Crippen molar-refractivity contribution in [1.82, 2.24) is 19.6 Å². The molecular formula is C72H127N5O13. The number of ether oxygens (including phenoxy) is 3. The summed E-state index contributed by atoms with van der Waals surface area (Å²) >= 11 is 0.